The molecule has 0 aromatic heterocycles. The minimum atomic E-state index is -3.50. The third-order valence-electron chi connectivity index (χ3n) is 5.67. The first kappa shape index (κ1) is 18.5. The lowest BCUT2D eigenvalue weighted by molar-refractivity contribution is -0.103. The molecule has 3 fully saturated rings. The number of halogens is 2. The molecule has 5 nitrogen and oxygen atoms in total. The lowest BCUT2D eigenvalue weighted by Crippen LogP contribution is -2.52. The topological polar surface area (TPSA) is 69.6 Å². The van der Waals surface area contributed by atoms with E-state index in [1.54, 1.807) is 0 Å². The number of nitrogens with one attached hydrogen (secondary N) is 1. The maximum atomic E-state index is 12.8. The predicted molar refractivity (Wildman–Crippen MR) is 87.5 cm³/mol. The predicted octanol–water partition coefficient (Wildman–Crippen LogP) is 1.72. The molecule has 1 aliphatic heterocycles. The molecule has 2 unspecified atom stereocenters. The van der Waals surface area contributed by atoms with E-state index in [0.29, 0.717) is 12.8 Å². The molecule has 2 saturated carbocycles. The van der Waals surface area contributed by atoms with Crippen molar-refractivity contribution in [1.29, 1.82) is 0 Å². The minimum absolute atomic E-state index is 0.118. The van der Waals surface area contributed by atoms with Crippen LogP contribution in [0.4, 0.5) is 8.78 Å². The van der Waals surface area contributed by atoms with E-state index >= 15 is 0 Å². The third-order valence-corrected chi connectivity index (χ3v) is 7.27. The molecule has 1 heterocycles. The molecule has 0 amide bonds. The molecular formula is C16H28F2N2O3S. The number of aliphatic hydroxyl groups excluding tert-OH is 1. The van der Waals surface area contributed by atoms with Crippen LogP contribution < -0.4 is 4.72 Å². The summed E-state index contributed by atoms with van der Waals surface area (Å²) < 4.78 is 52.6. The summed E-state index contributed by atoms with van der Waals surface area (Å²) in [5.74, 6) is -3.29. The molecule has 0 bridgehead atoms. The van der Waals surface area contributed by atoms with E-state index in [1.165, 1.54) is 0 Å². The zero-order valence-electron chi connectivity index (χ0n) is 14.0. The minimum Gasteiger partial charge on any atom is -0.391 e. The Hall–Kier alpha value is -0.310. The second-order valence-electron chi connectivity index (χ2n) is 7.76. The van der Waals surface area contributed by atoms with Crippen LogP contribution in [0.5, 0.6) is 0 Å². The van der Waals surface area contributed by atoms with Gasteiger partial charge in [0.15, 0.2) is 0 Å². The summed E-state index contributed by atoms with van der Waals surface area (Å²) >= 11 is 0. The van der Waals surface area contributed by atoms with E-state index in [4.69, 9.17) is 0 Å². The van der Waals surface area contributed by atoms with Crippen LogP contribution in [-0.4, -0.2) is 61.4 Å². The van der Waals surface area contributed by atoms with E-state index in [2.05, 4.69) is 9.62 Å². The molecule has 1 saturated heterocycles. The second kappa shape index (κ2) is 7.13. The SMILES string of the molecule is O=S(=O)(CC1CC(F)(F)C1)NC1CCN(C2CCCCC2O)CC1. The van der Waals surface area contributed by atoms with Gasteiger partial charge in [0.25, 0.3) is 0 Å². The van der Waals surface area contributed by atoms with Crippen molar-refractivity contribution in [2.45, 2.75) is 75.5 Å². The maximum Gasteiger partial charge on any atom is 0.248 e. The summed E-state index contributed by atoms with van der Waals surface area (Å²) in [7, 11) is -3.50. The van der Waals surface area contributed by atoms with Crippen molar-refractivity contribution in [2.75, 3.05) is 18.8 Å². The zero-order valence-corrected chi connectivity index (χ0v) is 14.8. The molecule has 3 aliphatic rings. The molecule has 24 heavy (non-hydrogen) atoms. The number of alkyl halides is 2. The molecule has 0 aromatic rings. The Morgan fingerprint density at radius 2 is 1.71 bits per heavy atom. The number of hydrogen-bond donors (Lipinski definition) is 2. The average molecular weight is 366 g/mol. The van der Waals surface area contributed by atoms with Crippen LogP contribution >= 0.6 is 0 Å². The fourth-order valence-corrected chi connectivity index (χ4v) is 6.08. The molecule has 2 aliphatic carbocycles. The van der Waals surface area contributed by atoms with Gasteiger partial charge in [-0.05, 0) is 31.6 Å². The monoisotopic (exact) mass is 366 g/mol. The number of aliphatic hydroxyl groups is 1. The molecule has 140 valence electrons. The smallest absolute Gasteiger partial charge is 0.248 e. The highest BCUT2D eigenvalue weighted by Gasteiger charge is 2.47. The van der Waals surface area contributed by atoms with Gasteiger partial charge in [-0.15, -0.1) is 0 Å². The van der Waals surface area contributed by atoms with Crippen LogP contribution in [0.3, 0.4) is 0 Å². The van der Waals surface area contributed by atoms with E-state index < -0.39 is 21.9 Å². The quantitative estimate of drug-likeness (QED) is 0.777. The van der Waals surface area contributed by atoms with Crippen LogP contribution in [0.25, 0.3) is 0 Å². The molecule has 3 rings (SSSR count). The van der Waals surface area contributed by atoms with Crippen LogP contribution in [0.2, 0.25) is 0 Å². The Kier molecular flexibility index (Phi) is 5.49. The van der Waals surface area contributed by atoms with E-state index in [0.717, 1.165) is 38.8 Å². The van der Waals surface area contributed by atoms with Gasteiger partial charge in [0, 0.05) is 38.0 Å². The van der Waals surface area contributed by atoms with Gasteiger partial charge < -0.3 is 5.11 Å². The van der Waals surface area contributed by atoms with Gasteiger partial charge in [-0.1, -0.05) is 12.8 Å². The van der Waals surface area contributed by atoms with Gasteiger partial charge in [-0.3, -0.25) is 4.90 Å². The number of nitrogens with zero attached hydrogens (tertiary/aromatic N) is 1. The van der Waals surface area contributed by atoms with Gasteiger partial charge in [0.1, 0.15) is 0 Å². The van der Waals surface area contributed by atoms with E-state index in [-0.39, 0.29) is 36.8 Å². The van der Waals surface area contributed by atoms with Crippen molar-refractivity contribution in [2.24, 2.45) is 5.92 Å². The van der Waals surface area contributed by atoms with Gasteiger partial charge in [-0.2, -0.15) is 0 Å². The van der Waals surface area contributed by atoms with Crippen LogP contribution in [0, 0.1) is 5.92 Å². The van der Waals surface area contributed by atoms with Crippen molar-refractivity contribution in [3.63, 3.8) is 0 Å². The first-order chi connectivity index (χ1) is 11.2. The molecule has 0 aromatic carbocycles. The van der Waals surface area contributed by atoms with Crippen molar-refractivity contribution >= 4 is 10.0 Å². The number of hydrogen-bond acceptors (Lipinski definition) is 4. The first-order valence-electron chi connectivity index (χ1n) is 9.04. The molecular weight excluding hydrogens is 338 g/mol. The molecule has 0 radical (unpaired) electrons. The Morgan fingerprint density at radius 1 is 1.08 bits per heavy atom. The highest BCUT2D eigenvalue weighted by Crippen LogP contribution is 2.42. The summed E-state index contributed by atoms with van der Waals surface area (Å²) in [5.41, 5.74) is 0. The summed E-state index contributed by atoms with van der Waals surface area (Å²) in [5, 5.41) is 10.1. The summed E-state index contributed by atoms with van der Waals surface area (Å²) in [6.45, 7) is 1.55. The van der Waals surface area contributed by atoms with Crippen LogP contribution in [0.15, 0.2) is 0 Å². The van der Waals surface area contributed by atoms with Gasteiger partial charge in [-0.25, -0.2) is 21.9 Å². The number of rotatable bonds is 5. The number of sulfonamides is 1. The van der Waals surface area contributed by atoms with Crippen LogP contribution in [-0.2, 0) is 10.0 Å². The first-order valence-corrected chi connectivity index (χ1v) is 10.7. The van der Waals surface area contributed by atoms with Crippen molar-refractivity contribution in [1.82, 2.24) is 9.62 Å². The second-order valence-corrected chi connectivity index (χ2v) is 9.56. The summed E-state index contributed by atoms with van der Waals surface area (Å²) in [4.78, 5) is 2.28. The van der Waals surface area contributed by atoms with E-state index in [1.807, 2.05) is 0 Å². The number of piperidine rings is 1. The third kappa shape index (κ3) is 4.65. The highest BCUT2D eigenvalue weighted by atomic mass is 32.2. The van der Waals surface area contributed by atoms with Gasteiger partial charge in [0.05, 0.1) is 11.9 Å². The molecule has 2 N–H and O–H groups in total. The Balaban J connectivity index is 1.43. The van der Waals surface area contributed by atoms with Crippen LogP contribution in [0.1, 0.15) is 51.4 Å². The highest BCUT2D eigenvalue weighted by molar-refractivity contribution is 7.89. The molecule has 0 spiro atoms. The average Bonchev–Trinajstić information content (AvgIpc) is 2.46. The summed E-state index contributed by atoms with van der Waals surface area (Å²) in [6.07, 6.45) is 4.60. The van der Waals surface area contributed by atoms with Crippen molar-refractivity contribution in [3.05, 3.63) is 0 Å². The fraction of sp³-hybridized carbons (Fsp3) is 1.00. The Bertz CT molecular complexity index is 527. The lowest BCUT2D eigenvalue weighted by atomic mass is 9.83. The number of likely N-dealkylation sites (tertiary alicyclic amines) is 1. The standard InChI is InChI=1S/C16H28F2N2O3S/c17-16(18)9-12(10-16)11-24(22,23)19-13-5-7-20(8-6-13)14-3-1-2-4-15(14)21/h12-15,19,21H,1-11H2. The largest absolute Gasteiger partial charge is 0.391 e. The zero-order chi connectivity index (χ0) is 17.4. The van der Waals surface area contributed by atoms with Crippen molar-refractivity contribution in [3.8, 4) is 0 Å². The fourth-order valence-electron chi connectivity index (χ4n) is 4.38. The van der Waals surface area contributed by atoms with Crippen molar-refractivity contribution < 1.29 is 22.3 Å². The normalized spacial score (nSPS) is 33.3. The lowest BCUT2D eigenvalue weighted by Gasteiger charge is -2.41. The maximum absolute atomic E-state index is 12.8. The summed E-state index contributed by atoms with van der Waals surface area (Å²) in [6, 6.07) is 0.0843. The van der Waals surface area contributed by atoms with E-state index in [9.17, 15) is 22.3 Å². The Labute approximate surface area is 142 Å². The van der Waals surface area contributed by atoms with Gasteiger partial charge in [0.2, 0.25) is 15.9 Å². The molecule has 2 atom stereocenters. The Morgan fingerprint density at radius 3 is 2.29 bits per heavy atom. The molecule has 8 heteroatoms. The van der Waals surface area contributed by atoms with Gasteiger partial charge >= 0.3 is 0 Å².